The summed E-state index contributed by atoms with van der Waals surface area (Å²) in [6.07, 6.45) is 18.4. The molecule has 6 aliphatic carbocycles. The highest BCUT2D eigenvalue weighted by Crippen LogP contribution is 2.60. The average Bonchev–Trinajstić information content (AvgIpc) is 3.17. The predicted octanol–water partition coefficient (Wildman–Crippen LogP) is 7.59. The Morgan fingerprint density at radius 3 is 2.02 bits per heavy atom. The lowest BCUT2D eigenvalue weighted by atomic mass is 9.49. The van der Waals surface area contributed by atoms with Crippen molar-refractivity contribution < 1.29 is 13.7 Å². The van der Waals surface area contributed by atoms with Gasteiger partial charge >= 0.3 is 7.12 Å². The molecule has 7 fully saturated rings. The van der Waals surface area contributed by atoms with Gasteiger partial charge in [-0.15, -0.1) is 0 Å². The van der Waals surface area contributed by atoms with E-state index in [-0.39, 0.29) is 11.2 Å². The fourth-order valence-electron chi connectivity index (χ4n) is 10.6. The lowest BCUT2D eigenvalue weighted by Gasteiger charge is -2.56. The van der Waals surface area contributed by atoms with Crippen molar-refractivity contribution in [1.29, 1.82) is 0 Å². The molecule has 6 saturated carbocycles. The third-order valence-electron chi connectivity index (χ3n) is 13.0. The summed E-state index contributed by atoms with van der Waals surface area (Å²) in [7, 11) is -0.764. The lowest BCUT2D eigenvalue weighted by Crippen LogP contribution is -2.49. The van der Waals surface area contributed by atoms with Crippen LogP contribution in [0.3, 0.4) is 0 Å². The van der Waals surface area contributed by atoms with E-state index in [0.717, 1.165) is 59.1 Å². The van der Waals surface area contributed by atoms with Gasteiger partial charge in [-0.25, -0.2) is 19.3 Å². The molecule has 1 aromatic carbocycles. The molecule has 1 aliphatic heterocycles. The van der Waals surface area contributed by atoms with Crippen LogP contribution in [0, 0.1) is 41.3 Å². The Morgan fingerprint density at radius 2 is 1.40 bits per heavy atom. The second kappa shape index (κ2) is 10.3. The molecular formula is C36H49BFN3O2. The van der Waals surface area contributed by atoms with Gasteiger partial charge in [0, 0.05) is 22.9 Å². The van der Waals surface area contributed by atoms with Crippen LogP contribution in [0.15, 0.2) is 18.2 Å². The predicted molar refractivity (Wildman–Crippen MR) is 167 cm³/mol. The number of hydrogen-bond acceptors (Lipinski definition) is 5. The zero-order chi connectivity index (χ0) is 29.6. The van der Waals surface area contributed by atoms with Crippen LogP contribution in [0.1, 0.15) is 123 Å². The van der Waals surface area contributed by atoms with E-state index in [1.54, 1.807) is 0 Å². The molecule has 2 heterocycles. The van der Waals surface area contributed by atoms with Crippen molar-refractivity contribution in [2.75, 3.05) is 0 Å². The van der Waals surface area contributed by atoms with E-state index < -0.39 is 18.3 Å². The minimum absolute atomic E-state index is 0.0810. The second-order valence-electron chi connectivity index (χ2n) is 16.7. The molecule has 0 radical (unpaired) electrons. The number of benzene rings is 1. The Morgan fingerprint density at radius 1 is 0.791 bits per heavy atom. The van der Waals surface area contributed by atoms with Crippen molar-refractivity contribution in [3.8, 4) is 11.4 Å². The zero-order valence-corrected chi connectivity index (χ0v) is 26.7. The molecule has 5 nitrogen and oxygen atoms in total. The SMILES string of the molecule is CC1(C)OB(c2cc(-c3nc(CCC4CC5CCCC(C5)C4)nc(C45CC6CC(CC(C6)C4)C5)n3)ccc2F)OC1(C)C. The molecule has 7 aliphatic rings. The summed E-state index contributed by atoms with van der Waals surface area (Å²) < 4.78 is 27.8. The van der Waals surface area contributed by atoms with Gasteiger partial charge in [-0.05, 0) is 146 Å². The summed E-state index contributed by atoms with van der Waals surface area (Å²) in [5.41, 5.74) is 0.252. The van der Waals surface area contributed by atoms with Crippen molar-refractivity contribution in [2.24, 2.45) is 35.5 Å². The first-order valence-electron chi connectivity index (χ1n) is 17.4. The molecule has 0 N–H and O–H groups in total. The van der Waals surface area contributed by atoms with E-state index >= 15 is 4.39 Å². The molecular weight excluding hydrogens is 536 g/mol. The molecule has 9 rings (SSSR count). The summed E-state index contributed by atoms with van der Waals surface area (Å²) in [5.74, 6) is 7.43. The minimum atomic E-state index is -0.764. The number of hydrogen-bond donors (Lipinski definition) is 0. The van der Waals surface area contributed by atoms with Crippen LogP contribution in [0.2, 0.25) is 0 Å². The van der Waals surface area contributed by atoms with Crippen molar-refractivity contribution in [1.82, 2.24) is 15.0 Å². The highest BCUT2D eigenvalue weighted by Gasteiger charge is 2.54. The van der Waals surface area contributed by atoms with Crippen molar-refractivity contribution in [3.05, 3.63) is 35.7 Å². The van der Waals surface area contributed by atoms with Gasteiger partial charge in [0.05, 0.1) is 11.2 Å². The molecule has 0 amide bonds. The van der Waals surface area contributed by atoms with Gasteiger partial charge in [-0.2, -0.15) is 0 Å². The largest absolute Gasteiger partial charge is 0.497 e. The normalized spacial score (nSPS) is 37.2. The molecule has 6 bridgehead atoms. The Labute approximate surface area is 257 Å². The number of rotatable bonds is 6. The molecule has 2 aromatic rings. The van der Waals surface area contributed by atoms with E-state index in [2.05, 4.69) is 0 Å². The summed E-state index contributed by atoms with van der Waals surface area (Å²) in [5, 5.41) is 0. The maximum Gasteiger partial charge on any atom is 0.497 e. The number of aromatic nitrogens is 3. The molecule has 2 atom stereocenters. The molecule has 0 spiro atoms. The van der Waals surface area contributed by atoms with Crippen molar-refractivity contribution in [2.45, 2.75) is 134 Å². The molecule has 1 saturated heterocycles. The lowest BCUT2D eigenvalue weighted by molar-refractivity contribution is -0.00956. The molecule has 230 valence electrons. The third kappa shape index (κ3) is 5.18. The number of halogens is 1. The molecule has 7 heteroatoms. The molecule has 2 unspecified atom stereocenters. The van der Waals surface area contributed by atoms with Crippen LogP contribution in [0.25, 0.3) is 11.4 Å². The Kier molecular flexibility index (Phi) is 6.88. The van der Waals surface area contributed by atoms with E-state index in [1.807, 2.05) is 39.8 Å². The van der Waals surface area contributed by atoms with Crippen LogP contribution in [-0.4, -0.2) is 33.3 Å². The Hall–Kier alpha value is -1.86. The minimum Gasteiger partial charge on any atom is -0.399 e. The van der Waals surface area contributed by atoms with Gasteiger partial charge in [-0.1, -0.05) is 19.3 Å². The van der Waals surface area contributed by atoms with E-state index in [9.17, 15) is 0 Å². The van der Waals surface area contributed by atoms with Crippen LogP contribution in [0.4, 0.5) is 4.39 Å². The summed E-state index contributed by atoms with van der Waals surface area (Å²) in [6, 6.07) is 5.22. The maximum absolute atomic E-state index is 15.3. The third-order valence-corrected chi connectivity index (χ3v) is 13.0. The number of nitrogens with zero attached hydrogens (tertiary/aromatic N) is 3. The van der Waals surface area contributed by atoms with Crippen LogP contribution < -0.4 is 5.46 Å². The summed E-state index contributed by atoms with van der Waals surface area (Å²) in [4.78, 5) is 15.7. The van der Waals surface area contributed by atoms with Gasteiger partial charge in [0.15, 0.2) is 5.82 Å². The Balaban J connectivity index is 1.13. The van der Waals surface area contributed by atoms with Gasteiger partial charge < -0.3 is 9.31 Å². The van der Waals surface area contributed by atoms with Gasteiger partial charge in [-0.3, -0.25) is 0 Å². The smallest absolute Gasteiger partial charge is 0.399 e. The number of aryl methyl sites for hydroxylation is 1. The van der Waals surface area contributed by atoms with Gasteiger partial charge in [0.25, 0.3) is 0 Å². The van der Waals surface area contributed by atoms with Crippen LogP contribution in [0.5, 0.6) is 0 Å². The number of fused-ring (bicyclic) bond motifs is 2. The quantitative estimate of drug-likeness (QED) is 0.327. The van der Waals surface area contributed by atoms with Crippen molar-refractivity contribution in [3.63, 3.8) is 0 Å². The van der Waals surface area contributed by atoms with Crippen LogP contribution >= 0.6 is 0 Å². The van der Waals surface area contributed by atoms with Crippen LogP contribution in [-0.2, 0) is 21.1 Å². The zero-order valence-electron chi connectivity index (χ0n) is 26.7. The first kappa shape index (κ1) is 28.6. The highest BCUT2D eigenvalue weighted by molar-refractivity contribution is 6.62. The monoisotopic (exact) mass is 585 g/mol. The van der Waals surface area contributed by atoms with E-state index in [0.29, 0.717) is 11.3 Å². The van der Waals surface area contributed by atoms with E-state index in [1.165, 1.54) is 89.5 Å². The van der Waals surface area contributed by atoms with Gasteiger partial charge in [0.1, 0.15) is 17.5 Å². The van der Waals surface area contributed by atoms with Gasteiger partial charge in [0.2, 0.25) is 0 Å². The fourth-order valence-corrected chi connectivity index (χ4v) is 10.6. The fraction of sp³-hybridized carbons (Fsp3) is 0.750. The highest BCUT2D eigenvalue weighted by atomic mass is 19.1. The van der Waals surface area contributed by atoms with E-state index in [4.69, 9.17) is 24.3 Å². The average molecular weight is 586 g/mol. The molecule has 43 heavy (non-hydrogen) atoms. The first-order chi connectivity index (χ1) is 20.5. The maximum atomic E-state index is 15.3. The summed E-state index contributed by atoms with van der Waals surface area (Å²) in [6.45, 7) is 8.02. The summed E-state index contributed by atoms with van der Waals surface area (Å²) >= 11 is 0. The standard InChI is InChI=1S/C36H49BFN3O2/c1-34(2)35(3,4)43-37(42-34)29-18-28(9-10-30(29)38)32-39-31(11-8-24-13-22-6-5-7-23(12-22)14-24)40-33(41-32)36-19-25-15-26(20-36)17-27(16-25)21-36/h9-10,18,22-27H,5-8,11-17,19-21H2,1-4H3. The van der Waals surface area contributed by atoms with Crippen molar-refractivity contribution >= 4 is 12.6 Å². The second-order valence-corrected chi connectivity index (χ2v) is 16.7. The Bertz CT molecular complexity index is 1330. The first-order valence-corrected chi connectivity index (χ1v) is 17.4. The topological polar surface area (TPSA) is 57.1 Å². The molecule has 1 aromatic heterocycles.